The van der Waals surface area contributed by atoms with Crippen LogP contribution in [0.25, 0.3) is 10.9 Å². The van der Waals surface area contributed by atoms with Crippen molar-refractivity contribution < 1.29 is 14.4 Å². The van der Waals surface area contributed by atoms with E-state index in [2.05, 4.69) is 40.7 Å². The predicted molar refractivity (Wildman–Crippen MR) is 147 cm³/mol. The second kappa shape index (κ2) is 14.5. The molecule has 0 fully saturated rings. The van der Waals surface area contributed by atoms with Crippen LogP contribution in [0.5, 0.6) is 11.5 Å². The number of hydrogen-bond acceptors (Lipinski definition) is 5. The monoisotopic (exact) mass is 498 g/mol. The number of hydrogen-bond donors (Lipinski definition) is 0. The number of unbranched alkanes of at least 4 members (excludes halogenated alkanes) is 1. The van der Waals surface area contributed by atoms with Gasteiger partial charge in [-0.2, -0.15) is 0 Å². The number of nitrogens with zero attached hydrogens (tertiary/aromatic N) is 2. The summed E-state index contributed by atoms with van der Waals surface area (Å²) in [6.07, 6.45) is 9.81. The number of rotatable bonds is 15. The van der Waals surface area contributed by atoms with Crippen molar-refractivity contribution in [2.24, 2.45) is 5.92 Å². The highest BCUT2D eigenvalue weighted by molar-refractivity contribution is 5.89. The SMILES string of the molecule is CCCCn1c(=O)c(OCC(C)CCC)c(OC/C=C(\C)CCC=C(C)C)c2ccc([N+](=O)[O-])cc21. The number of non-ortho nitro benzene ring substituents is 1. The molecule has 7 heteroatoms. The summed E-state index contributed by atoms with van der Waals surface area (Å²) >= 11 is 0. The smallest absolute Gasteiger partial charge is 0.297 e. The third kappa shape index (κ3) is 8.25. The molecule has 0 aliphatic carbocycles. The number of allylic oxidation sites excluding steroid dienone is 3. The number of aromatic nitrogens is 1. The lowest BCUT2D eigenvalue weighted by Gasteiger charge is -2.19. The Hall–Kier alpha value is -3.09. The Morgan fingerprint density at radius 1 is 1.11 bits per heavy atom. The average Bonchev–Trinajstić information content (AvgIpc) is 2.82. The lowest BCUT2D eigenvalue weighted by Crippen LogP contribution is -2.25. The standard InChI is InChI=1S/C29H42N2O5/c1-7-9-17-30-26-19-24(31(33)34)14-15-25(26)27(28(29(30)32)36-20-23(6)11-8-2)35-18-16-22(5)13-10-12-21(3)4/h12,14-16,19,23H,7-11,13,17-18,20H2,1-6H3/b22-16+. The molecule has 0 amide bonds. The van der Waals surface area contributed by atoms with Crippen LogP contribution in [0.15, 0.2) is 46.3 Å². The van der Waals surface area contributed by atoms with Crippen LogP contribution in [-0.4, -0.2) is 22.7 Å². The molecule has 0 bridgehead atoms. The minimum Gasteiger partial charge on any atom is -0.485 e. The number of benzene rings is 1. The maximum absolute atomic E-state index is 13.6. The van der Waals surface area contributed by atoms with Crippen LogP contribution in [0, 0.1) is 16.0 Å². The van der Waals surface area contributed by atoms with Crippen LogP contribution in [0.3, 0.4) is 0 Å². The first-order valence-corrected chi connectivity index (χ1v) is 13.1. The highest BCUT2D eigenvalue weighted by atomic mass is 16.6. The summed E-state index contributed by atoms with van der Waals surface area (Å²) in [5.41, 5.74) is 2.62. The zero-order chi connectivity index (χ0) is 26.7. The second-order valence-electron chi connectivity index (χ2n) is 9.81. The van der Waals surface area contributed by atoms with Crippen molar-refractivity contribution in [3.63, 3.8) is 0 Å². The second-order valence-corrected chi connectivity index (χ2v) is 9.81. The average molecular weight is 499 g/mol. The molecule has 0 aliphatic heterocycles. The Morgan fingerprint density at radius 2 is 1.86 bits per heavy atom. The fourth-order valence-corrected chi connectivity index (χ4v) is 4.07. The fourth-order valence-electron chi connectivity index (χ4n) is 4.07. The van der Waals surface area contributed by atoms with Gasteiger partial charge < -0.3 is 14.0 Å². The number of fused-ring (bicyclic) bond motifs is 1. The van der Waals surface area contributed by atoms with Crippen molar-refractivity contribution in [3.05, 3.63) is 62.0 Å². The third-order valence-electron chi connectivity index (χ3n) is 6.15. The van der Waals surface area contributed by atoms with Gasteiger partial charge in [0.2, 0.25) is 5.75 Å². The van der Waals surface area contributed by atoms with Gasteiger partial charge in [0.05, 0.1) is 17.0 Å². The molecule has 36 heavy (non-hydrogen) atoms. The highest BCUT2D eigenvalue weighted by Gasteiger charge is 2.22. The molecule has 1 heterocycles. The molecule has 2 rings (SSSR count). The van der Waals surface area contributed by atoms with Gasteiger partial charge in [0, 0.05) is 24.1 Å². The van der Waals surface area contributed by atoms with Gasteiger partial charge in [-0.3, -0.25) is 14.9 Å². The van der Waals surface area contributed by atoms with E-state index in [4.69, 9.17) is 9.47 Å². The van der Waals surface area contributed by atoms with Crippen LogP contribution < -0.4 is 15.0 Å². The number of aryl methyl sites for hydroxylation is 1. The number of nitro benzene ring substituents is 1. The summed E-state index contributed by atoms with van der Waals surface area (Å²) in [5, 5.41) is 12.1. The van der Waals surface area contributed by atoms with Crippen molar-refractivity contribution in [1.29, 1.82) is 0 Å². The molecule has 198 valence electrons. The summed E-state index contributed by atoms with van der Waals surface area (Å²) in [7, 11) is 0. The molecule has 0 saturated heterocycles. The van der Waals surface area contributed by atoms with Gasteiger partial charge in [0.15, 0.2) is 5.75 Å². The zero-order valence-electron chi connectivity index (χ0n) is 22.8. The largest absolute Gasteiger partial charge is 0.485 e. The maximum atomic E-state index is 13.6. The van der Waals surface area contributed by atoms with E-state index in [-0.39, 0.29) is 29.5 Å². The van der Waals surface area contributed by atoms with Crippen LogP contribution in [-0.2, 0) is 6.54 Å². The van der Waals surface area contributed by atoms with Gasteiger partial charge in [0.25, 0.3) is 11.2 Å². The number of nitro groups is 1. The van der Waals surface area contributed by atoms with Crippen molar-refractivity contribution in [2.75, 3.05) is 13.2 Å². The van der Waals surface area contributed by atoms with E-state index in [1.807, 2.05) is 13.0 Å². The predicted octanol–water partition coefficient (Wildman–Crippen LogP) is 7.60. The quantitative estimate of drug-likeness (QED) is 0.143. The summed E-state index contributed by atoms with van der Waals surface area (Å²) in [6.45, 7) is 13.7. The zero-order valence-corrected chi connectivity index (χ0v) is 22.8. The van der Waals surface area contributed by atoms with E-state index < -0.39 is 4.92 Å². The van der Waals surface area contributed by atoms with Crippen LogP contribution in [0.2, 0.25) is 0 Å². The fraction of sp³-hybridized carbons (Fsp3) is 0.552. The van der Waals surface area contributed by atoms with Gasteiger partial charge in [-0.15, -0.1) is 0 Å². The molecule has 1 aromatic carbocycles. The first-order valence-electron chi connectivity index (χ1n) is 13.1. The van der Waals surface area contributed by atoms with Gasteiger partial charge in [-0.25, -0.2) is 0 Å². The Labute approximate surface area is 215 Å². The molecule has 1 atom stereocenters. The Balaban J connectivity index is 2.54. The van der Waals surface area contributed by atoms with E-state index in [1.54, 1.807) is 10.6 Å². The molecular weight excluding hydrogens is 456 g/mol. The minimum absolute atomic E-state index is 0.0571. The molecule has 7 nitrogen and oxygen atoms in total. The van der Waals surface area contributed by atoms with Crippen LogP contribution >= 0.6 is 0 Å². The molecule has 0 radical (unpaired) electrons. The lowest BCUT2D eigenvalue weighted by atomic mass is 10.1. The summed E-state index contributed by atoms with van der Waals surface area (Å²) in [6, 6.07) is 4.58. The topological polar surface area (TPSA) is 83.6 Å². The first-order chi connectivity index (χ1) is 17.2. The van der Waals surface area contributed by atoms with Crippen LogP contribution in [0.1, 0.15) is 80.1 Å². The number of pyridine rings is 1. The highest BCUT2D eigenvalue weighted by Crippen LogP contribution is 2.35. The summed E-state index contributed by atoms with van der Waals surface area (Å²) < 4.78 is 13.9. The van der Waals surface area contributed by atoms with Crippen molar-refractivity contribution in [1.82, 2.24) is 4.57 Å². The van der Waals surface area contributed by atoms with Crippen molar-refractivity contribution in [3.8, 4) is 11.5 Å². The van der Waals surface area contributed by atoms with Gasteiger partial charge >= 0.3 is 0 Å². The van der Waals surface area contributed by atoms with Gasteiger partial charge in [-0.1, -0.05) is 50.8 Å². The molecular formula is C29H42N2O5. The van der Waals surface area contributed by atoms with Crippen molar-refractivity contribution >= 4 is 16.6 Å². The summed E-state index contributed by atoms with van der Waals surface area (Å²) in [5.74, 6) is 0.830. The van der Waals surface area contributed by atoms with Crippen LogP contribution in [0.4, 0.5) is 5.69 Å². The van der Waals surface area contributed by atoms with E-state index in [9.17, 15) is 14.9 Å². The van der Waals surface area contributed by atoms with E-state index in [0.29, 0.717) is 29.8 Å². The molecule has 2 aromatic rings. The van der Waals surface area contributed by atoms with Gasteiger partial charge in [-0.05, 0) is 64.5 Å². The molecule has 0 N–H and O–H groups in total. The van der Waals surface area contributed by atoms with E-state index in [1.165, 1.54) is 23.3 Å². The minimum atomic E-state index is -0.440. The number of ether oxygens (including phenoxy) is 2. The van der Waals surface area contributed by atoms with Gasteiger partial charge in [0.1, 0.15) is 6.61 Å². The van der Waals surface area contributed by atoms with Crippen molar-refractivity contribution in [2.45, 2.75) is 86.6 Å². The molecule has 1 aromatic heterocycles. The Kier molecular flexibility index (Phi) is 11.7. The third-order valence-corrected chi connectivity index (χ3v) is 6.15. The molecule has 0 spiro atoms. The lowest BCUT2D eigenvalue weighted by molar-refractivity contribution is -0.384. The summed E-state index contributed by atoms with van der Waals surface area (Å²) in [4.78, 5) is 24.7. The molecule has 0 saturated carbocycles. The van der Waals surface area contributed by atoms with E-state index >= 15 is 0 Å². The Morgan fingerprint density at radius 3 is 2.50 bits per heavy atom. The molecule has 0 aliphatic rings. The normalized spacial score (nSPS) is 12.4. The maximum Gasteiger partial charge on any atom is 0.297 e. The first kappa shape index (κ1) is 29.1. The van der Waals surface area contributed by atoms with E-state index in [0.717, 1.165) is 38.5 Å². The molecule has 1 unspecified atom stereocenters. The Bertz CT molecular complexity index is 1140.